The second kappa shape index (κ2) is 5.52. The van der Waals surface area contributed by atoms with Crippen molar-refractivity contribution in [1.29, 1.82) is 0 Å². The first-order chi connectivity index (χ1) is 7.83. The zero-order chi connectivity index (χ0) is 13.1. The van der Waals surface area contributed by atoms with E-state index >= 15 is 0 Å². The van der Waals surface area contributed by atoms with Crippen molar-refractivity contribution in [2.24, 2.45) is 5.92 Å². The van der Waals surface area contributed by atoms with Gasteiger partial charge in [0.05, 0.1) is 6.42 Å². The Balaban J connectivity index is 3.04. The van der Waals surface area contributed by atoms with E-state index in [9.17, 15) is 9.90 Å². The largest absolute Gasteiger partial charge is 0.481 e. The minimum Gasteiger partial charge on any atom is -0.481 e. The van der Waals surface area contributed by atoms with Gasteiger partial charge in [-0.25, -0.2) is 0 Å². The van der Waals surface area contributed by atoms with Crippen LogP contribution in [-0.4, -0.2) is 16.2 Å². The number of carbonyl (C=O) groups is 1. The van der Waals surface area contributed by atoms with Gasteiger partial charge in [0.25, 0.3) is 0 Å². The Morgan fingerprint density at radius 2 is 1.88 bits per heavy atom. The molecule has 0 heterocycles. The minimum atomic E-state index is -1.33. The van der Waals surface area contributed by atoms with E-state index in [0.29, 0.717) is 17.0 Å². The maximum absolute atomic E-state index is 10.9. The monoisotopic (exact) mass is 256 g/mol. The highest BCUT2D eigenvalue weighted by molar-refractivity contribution is 6.30. The van der Waals surface area contributed by atoms with Gasteiger partial charge >= 0.3 is 5.97 Å². The molecule has 0 saturated heterocycles. The third-order valence-corrected chi connectivity index (χ3v) is 2.82. The van der Waals surface area contributed by atoms with Gasteiger partial charge in [-0.2, -0.15) is 0 Å². The summed E-state index contributed by atoms with van der Waals surface area (Å²) in [5.41, 5.74) is -0.733. The number of benzene rings is 1. The van der Waals surface area contributed by atoms with Crippen LogP contribution in [0.4, 0.5) is 0 Å². The molecule has 1 aromatic rings. The van der Waals surface area contributed by atoms with E-state index in [4.69, 9.17) is 16.7 Å². The van der Waals surface area contributed by atoms with Gasteiger partial charge in [0.2, 0.25) is 0 Å². The first-order valence-electron chi connectivity index (χ1n) is 5.54. The number of hydrogen-bond donors (Lipinski definition) is 2. The fraction of sp³-hybridized carbons (Fsp3) is 0.462. The number of aliphatic hydroxyl groups is 1. The zero-order valence-electron chi connectivity index (χ0n) is 9.98. The SMILES string of the molecule is CC(C)CC(O)(CC(=O)O)c1ccc(Cl)cc1. The van der Waals surface area contributed by atoms with Gasteiger partial charge in [-0.1, -0.05) is 37.6 Å². The number of carboxylic acid groups (broad SMARTS) is 1. The van der Waals surface area contributed by atoms with Crippen LogP contribution in [0, 0.1) is 5.92 Å². The molecular formula is C13H17ClO3. The van der Waals surface area contributed by atoms with Crippen molar-refractivity contribution in [3.63, 3.8) is 0 Å². The van der Waals surface area contributed by atoms with Crippen LogP contribution in [0.25, 0.3) is 0 Å². The second-order valence-electron chi connectivity index (χ2n) is 4.71. The number of halogens is 1. The van der Waals surface area contributed by atoms with Gasteiger partial charge in [-0.3, -0.25) is 4.79 Å². The van der Waals surface area contributed by atoms with E-state index in [0.717, 1.165) is 0 Å². The molecule has 0 aromatic heterocycles. The molecule has 0 radical (unpaired) electrons. The molecular weight excluding hydrogens is 240 g/mol. The number of hydrogen-bond acceptors (Lipinski definition) is 2. The van der Waals surface area contributed by atoms with Crippen LogP contribution in [0.1, 0.15) is 32.3 Å². The summed E-state index contributed by atoms with van der Waals surface area (Å²) in [7, 11) is 0. The third-order valence-electron chi connectivity index (χ3n) is 2.57. The molecule has 4 heteroatoms. The van der Waals surface area contributed by atoms with Crippen LogP contribution in [0.3, 0.4) is 0 Å². The molecule has 0 aliphatic rings. The number of carboxylic acids is 1. The fourth-order valence-corrected chi connectivity index (χ4v) is 2.10. The normalized spacial score (nSPS) is 14.6. The van der Waals surface area contributed by atoms with Crippen LogP contribution in [0.15, 0.2) is 24.3 Å². The summed E-state index contributed by atoms with van der Waals surface area (Å²) in [6.07, 6.45) is 0.105. The lowest BCUT2D eigenvalue weighted by atomic mass is 9.83. The summed E-state index contributed by atoms with van der Waals surface area (Å²) >= 11 is 5.78. The van der Waals surface area contributed by atoms with Crippen LogP contribution in [-0.2, 0) is 10.4 Å². The highest BCUT2D eigenvalue weighted by atomic mass is 35.5. The fourth-order valence-electron chi connectivity index (χ4n) is 1.98. The first kappa shape index (κ1) is 14.0. The van der Waals surface area contributed by atoms with Crippen LogP contribution >= 0.6 is 11.6 Å². The van der Waals surface area contributed by atoms with Crippen molar-refractivity contribution in [2.75, 3.05) is 0 Å². The first-order valence-corrected chi connectivity index (χ1v) is 5.91. The van der Waals surface area contributed by atoms with E-state index in [1.807, 2.05) is 13.8 Å². The molecule has 1 rings (SSSR count). The molecule has 1 aromatic carbocycles. The van der Waals surface area contributed by atoms with Gasteiger partial charge in [0, 0.05) is 5.02 Å². The summed E-state index contributed by atoms with van der Waals surface area (Å²) in [6, 6.07) is 6.66. The quantitative estimate of drug-likeness (QED) is 0.851. The van der Waals surface area contributed by atoms with E-state index in [1.165, 1.54) is 0 Å². The lowest BCUT2D eigenvalue weighted by molar-refractivity contribution is -0.143. The Labute approximate surface area is 106 Å². The zero-order valence-corrected chi connectivity index (χ0v) is 10.7. The molecule has 0 saturated carbocycles. The second-order valence-corrected chi connectivity index (χ2v) is 5.14. The smallest absolute Gasteiger partial charge is 0.306 e. The van der Waals surface area contributed by atoms with Crippen molar-refractivity contribution < 1.29 is 15.0 Å². The molecule has 94 valence electrons. The predicted molar refractivity (Wildman–Crippen MR) is 67.1 cm³/mol. The number of rotatable bonds is 5. The molecule has 0 aliphatic heterocycles. The molecule has 0 fully saturated rings. The van der Waals surface area contributed by atoms with Crippen LogP contribution < -0.4 is 0 Å². The van der Waals surface area contributed by atoms with Crippen molar-refractivity contribution >= 4 is 17.6 Å². The van der Waals surface area contributed by atoms with Crippen LogP contribution in [0.5, 0.6) is 0 Å². The maximum Gasteiger partial charge on any atom is 0.306 e. The molecule has 0 bridgehead atoms. The van der Waals surface area contributed by atoms with Gasteiger partial charge in [0.15, 0.2) is 0 Å². The van der Waals surface area contributed by atoms with Crippen molar-refractivity contribution in [1.82, 2.24) is 0 Å². The highest BCUT2D eigenvalue weighted by Gasteiger charge is 2.32. The summed E-state index contributed by atoms with van der Waals surface area (Å²) in [5.74, 6) is -0.807. The van der Waals surface area contributed by atoms with Gasteiger partial charge in [-0.05, 0) is 30.0 Å². The van der Waals surface area contributed by atoms with Gasteiger partial charge in [-0.15, -0.1) is 0 Å². The van der Waals surface area contributed by atoms with E-state index in [2.05, 4.69) is 0 Å². The van der Waals surface area contributed by atoms with Gasteiger partial charge in [0.1, 0.15) is 5.60 Å². The van der Waals surface area contributed by atoms with Crippen molar-refractivity contribution in [3.8, 4) is 0 Å². The lowest BCUT2D eigenvalue weighted by Crippen LogP contribution is -2.30. The number of aliphatic carboxylic acids is 1. The highest BCUT2D eigenvalue weighted by Crippen LogP contribution is 2.32. The molecule has 17 heavy (non-hydrogen) atoms. The third kappa shape index (κ3) is 4.02. The van der Waals surface area contributed by atoms with E-state index in [-0.39, 0.29) is 12.3 Å². The lowest BCUT2D eigenvalue weighted by Gasteiger charge is -2.29. The predicted octanol–water partition coefficient (Wildman–Crippen LogP) is 3.05. The maximum atomic E-state index is 10.9. The molecule has 2 N–H and O–H groups in total. The van der Waals surface area contributed by atoms with Crippen molar-refractivity contribution in [3.05, 3.63) is 34.9 Å². The summed E-state index contributed by atoms with van der Waals surface area (Å²) in [4.78, 5) is 10.9. The van der Waals surface area contributed by atoms with Crippen molar-refractivity contribution in [2.45, 2.75) is 32.3 Å². The minimum absolute atomic E-state index is 0.204. The Morgan fingerprint density at radius 3 is 2.29 bits per heavy atom. The summed E-state index contributed by atoms with van der Waals surface area (Å²) in [6.45, 7) is 3.89. The Hall–Kier alpha value is -1.06. The molecule has 1 atom stereocenters. The van der Waals surface area contributed by atoms with E-state index in [1.54, 1.807) is 24.3 Å². The molecule has 0 amide bonds. The standard InChI is InChI=1S/C13H17ClO3/c1-9(2)7-13(17,8-12(15)16)10-3-5-11(14)6-4-10/h3-6,9,17H,7-8H2,1-2H3,(H,15,16). The van der Waals surface area contributed by atoms with Crippen LogP contribution in [0.2, 0.25) is 5.02 Å². The Bertz CT molecular complexity index is 386. The average Bonchev–Trinajstić information content (AvgIpc) is 2.15. The Morgan fingerprint density at radius 1 is 1.35 bits per heavy atom. The Kier molecular flexibility index (Phi) is 4.54. The molecule has 1 unspecified atom stereocenters. The summed E-state index contributed by atoms with van der Waals surface area (Å²) in [5, 5.41) is 19.9. The van der Waals surface area contributed by atoms with E-state index < -0.39 is 11.6 Å². The molecule has 0 aliphatic carbocycles. The summed E-state index contributed by atoms with van der Waals surface area (Å²) < 4.78 is 0. The average molecular weight is 257 g/mol. The topological polar surface area (TPSA) is 57.5 Å². The van der Waals surface area contributed by atoms with Gasteiger partial charge < -0.3 is 10.2 Å². The molecule has 3 nitrogen and oxygen atoms in total. The molecule has 0 spiro atoms.